The maximum absolute atomic E-state index is 14.1. The van der Waals surface area contributed by atoms with Crippen molar-refractivity contribution in [2.75, 3.05) is 5.32 Å². The Morgan fingerprint density at radius 3 is 1.98 bits per heavy atom. The number of aromatic nitrogens is 1. The van der Waals surface area contributed by atoms with Crippen molar-refractivity contribution in [1.82, 2.24) is 4.57 Å². The molecule has 1 aromatic heterocycles. The molecule has 10 heteroatoms. The van der Waals surface area contributed by atoms with Gasteiger partial charge in [0.15, 0.2) is 0 Å². The van der Waals surface area contributed by atoms with Gasteiger partial charge in [0.25, 0.3) is 5.91 Å². The van der Waals surface area contributed by atoms with Crippen molar-refractivity contribution in [3.8, 4) is 28.0 Å². The van der Waals surface area contributed by atoms with Gasteiger partial charge < -0.3 is 30.3 Å². The molecule has 0 aliphatic rings. The van der Waals surface area contributed by atoms with Gasteiger partial charge in [0.1, 0.15) is 23.1 Å². The number of carboxylic acid groups (broad SMARTS) is 1. The molecule has 0 saturated carbocycles. The number of hydrogen-bond acceptors (Lipinski definition) is 5. The number of nitrogens with one attached hydrogen (secondary N) is 1. The second-order valence-corrected chi connectivity index (χ2v) is 10.7. The molecule has 0 saturated heterocycles. The third-order valence-corrected chi connectivity index (χ3v) is 7.08. The molecule has 226 valence electrons. The van der Waals surface area contributed by atoms with Crippen LogP contribution >= 0.6 is 0 Å². The lowest BCUT2D eigenvalue weighted by Gasteiger charge is -2.20. The van der Waals surface area contributed by atoms with Crippen molar-refractivity contribution in [3.05, 3.63) is 95.8 Å². The first-order valence-corrected chi connectivity index (χ1v) is 13.9. The first-order valence-electron chi connectivity index (χ1n) is 13.9. The first-order chi connectivity index (χ1) is 20.4. The molecular formula is C33H34F2N2O6. The molecule has 2 atom stereocenters. The van der Waals surface area contributed by atoms with Gasteiger partial charge in [0.2, 0.25) is 0 Å². The summed E-state index contributed by atoms with van der Waals surface area (Å²) in [6.45, 7) is 3.76. The molecule has 0 fully saturated rings. The van der Waals surface area contributed by atoms with Gasteiger partial charge in [-0.3, -0.25) is 9.59 Å². The van der Waals surface area contributed by atoms with Crippen molar-refractivity contribution in [3.63, 3.8) is 0 Å². The van der Waals surface area contributed by atoms with Gasteiger partial charge in [-0.15, -0.1) is 0 Å². The molecule has 43 heavy (non-hydrogen) atoms. The standard InChI is InChI=1S/C33H34F2N2O6/c1-19(2)37-28(15-14-26(39)17-27(40)18-29(41)42)30(20-6-10-22(34)11-7-20)31(21-8-12-23(35)13-9-21)32(37)33(43)36-24-4-3-5-25(38)16-24/h3-13,16,19,26-27,38-40H,14-15,17-18H2,1-2H3,(H,36,43)(H,41,42)/t26-,27-/m1/s1. The Morgan fingerprint density at radius 1 is 0.860 bits per heavy atom. The summed E-state index contributed by atoms with van der Waals surface area (Å²) in [4.78, 5) is 25.0. The van der Waals surface area contributed by atoms with E-state index in [4.69, 9.17) is 5.11 Å². The number of rotatable bonds is 12. The molecule has 5 N–H and O–H groups in total. The number of carbonyl (C=O) groups excluding carboxylic acids is 1. The van der Waals surface area contributed by atoms with E-state index in [9.17, 15) is 33.7 Å². The minimum Gasteiger partial charge on any atom is -0.508 e. The Bertz CT molecular complexity index is 1580. The summed E-state index contributed by atoms with van der Waals surface area (Å²) in [6.07, 6.45) is -2.62. The van der Waals surface area contributed by atoms with Crippen LogP contribution in [0.2, 0.25) is 0 Å². The van der Waals surface area contributed by atoms with E-state index in [0.717, 1.165) is 0 Å². The minimum atomic E-state index is -1.24. The van der Waals surface area contributed by atoms with Crippen molar-refractivity contribution < 1.29 is 38.8 Å². The number of aliphatic hydroxyl groups excluding tert-OH is 2. The molecule has 0 radical (unpaired) electrons. The molecule has 0 aliphatic carbocycles. The Balaban J connectivity index is 1.92. The van der Waals surface area contributed by atoms with Crippen LogP contribution in [0.4, 0.5) is 14.5 Å². The molecule has 8 nitrogen and oxygen atoms in total. The first kappa shape index (κ1) is 31.4. The zero-order valence-corrected chi connectivity index (χ0v) is 23.8. The SMILES string of the molecule is CC(C)n1c(CC[C@@H](O)C[C@@H](O)CC(=O)O)c(-c2ccc(F)cc2)c(-c2ccc(F)cc2)c1C(=O)Nc1cccc(O)c1. The quantitative estimate of drug-likeness (QED) is 0.134. The highest BCUT2D eigenvalue weighted by atomic mass is 19.1. The van der Waals surface area contributed by atoms with Gasteiger partial charge in [0.05, 0.1) is 18.6 Å². The number of anilines is 1. The van der Waals surface area contributed by atoms with Gasteiger partial charge in [-0.1, -0.05) is 30.3 Å². The van der Waals surface area contributed by atoms with Crippen LogP contribution in [0, 0.1) is 11.6 Å². The highest BCUT2D eigenvalue weighted by Gasteiger charge is 2.30. The highest BCUT2D eigenvalue weighted by molar-refractivity contribution is 6.11. The van der Waals surface area contributed by atoms with Crippen LogP contribution in [-0.4, -0.2) is 49.1 Å². The van der Waals surface area contributed by atoms with Crippen LogP contribution in [0.1, 0.15) is 55.3 Å². The number of halogens is 2. The number of carboxylic acids is 1. The molecule has 0 spiro atoms. The summed E-state index contributed by atoms with van der Waals surface area (Å²) in [7, 11) is 0. The van der Waals surface area contributed by atoms with E-state index in [-0.39, 0.29) is 36.7 Å². The molecule has 0 bridgehead atoms. The summed E-state index contributed by atoms with van der Waals surface area (Å²) in [6, 6.07) is 17.2. The lowest BCUT2D eigenvalue weighted by atomic mass is 9.92. The van der Waals surface area contributed by atoms with Crippen LogP contribution in [0.5, 0.6) is 5.75 Å². The molecule has 3 aromatic carbocycles. The van der Waals surface area contributed by atoms with Crippen molar-refractivity contribution in [1.29, 1.82) is 0 Å². The maximum atomic E-state index is 14.1. The summed E-state index contributed by atoms with van der Waals surface area (Å²) in [5.41, 5.74) is 3.38. The Labute approximate surface area is 247 Å². The lowest BCUT2D eigenvalue weighted by molar-refractivity contribution is -0.139. The number of aliphatic hydroxyl groups is 2. The van der Waals surface area contributed by atoms with Crippen LogP contribution in [0.15, 0.2) is 72.8 Å². The summed E-state index contributed by atoms with van der Waals surface area (Å²) in [5, 5.41) is 42.5. The molecule has 1 amide bonds. The van der Waals surface area contributed by atoms with E-state index in [1.807, 2.05) is 18.4 Å². The predicted octanol–water partition coefficient (Wildman–Crippen LogP) is 6.16. The Kier molecular flexibility index (Phi) is 9.95. The fourth-order valence-electron chi connectivity index (χ4n) is 5.30. The van der Waals surface area contributed by atoms with Crippen molar-refractivity contribution in [2.24, 2.45) is 0 Å². The fourth-order valence-corrected chi connectivity index (χ4v) is 5.30. The third kappa shape index (κ3) is 7.65. The number of hydrogen-bond donors (Lipinski definition) is 5. The zero-order valence-electron chi connectivity index (χ0n) is 23.8. The van der Waals surface area contributed by atoms with Crippen LogP contribution in [-0.2, 0) is 11.2 Å². The topological polar surface area (TPSA) is 132 Å². The number of phenolic OH excluding ortho intramolecular Hbond substituents is 1. The second-order valence-electron chi connectivity index (χ2n) is 10.7. The predicted molar refractivity (Wildman–Crippen MR) is 159 cm³/mol. The molecular weight excluding hydrogens is 558 g/mol. The molecule has 1 heterocycles. The normalized spacial score (nSPS) is 12.7. The van der Waals surface area contributed by atoms with Gasteiger partial charge in [-0.05, 0) is 80.6 Å². The monoisotopic (exact) mass is 592 g/mol. The second kappa shape index (κ2) is 13.6. The van der Waals surface area contributed by atoms with Crippen LogP contribution in [0.3, 0.4) is 0 Å². The number of nitrogens with zero attached hydrogens (tertiary/aromatic N) is 1. The average Bonchev–Trinajstić information content (AvgIpc) is 3.28. The zero-order chi connectivity index (χ0) is 31.3. The molecule has 0 unspecified atom stereocenters. The summed E-state index contributed by atoms with van der Waals surface area (Å²) in [5.74, 6) is -2.66. The molecule has 4 rings (SSSR count). The largest absolute Gasteiger partial charge is 0.508 e. The van der Waals surface area contributed by atoms with E-state index in [2.05, 4.69) is 5.32 Å². The smallest absolute Gasteiger partial charge is 0.305 e. The Hall–Kier alpha value is -4.54. The number of aliphatic carboxylic acids is 1. The minimum absolute atomic E-state index is 0.0393. The van der Waals surface area contributed by atoms with Gasteiger partial charge in [0, 0.05) is 34.6 Å². The number of amides is 1. The highest BCUT2D eigenvalue weighted by Crippen LogP contribution is 2.43. The van der Waals surface area contributed by atoms with Crippen LogP contribution in [0.25, 0.3) is 22.3 Å². The fraction of sp³-hybridized carbons (Fsp3) is 0.273. The third-order valence-electron chi connectivity index (χ3n) is 7.08. The average molecular weight is 593 g/mol. The van der Waals surface area contributed by atoms with Gasteiger partial charge >= 0.3 is 5.97 Å². The van der Waals surface area contributed by atoms with E-state index < -0.39 is 42.1 Å². The van der Waals surface area contributed by atoms with Crippen molar-refractivity contribution in [2.45, 2.75) is 57.8 Å². The number of benzene rings is 3. The Morgan fingerprint density at radius 2 is 1.44 bits per heavy atom. The van der Waals surface area contributed by atoms with Crippen molar-refractivity contribution >= 4 is 17.6 Å². The maximum Gasteiger partial charge on any atom is 0.305 e. The summed E-state index contributed by atoms with van der Waals surface area (Å²) < 4.78 is 29.9. The van der Waals surface area contributed by atoms with E-state index in [1.54, 1.807) is 36.4 Å². The molecule has 4 aromatic rings. The van der Waals surface area contributed by atoms with Gasteiger partial charge in [-0.2, -0.15) is 0 Å². The van der Waals surface area contributed by atoms with E-state index in [1.165, 1.54) is 36.4 Å². The van der Waals surface area contributed by atoms with E-state index >= 15 is 0 Å². The van der Waals surface area contributed by atoms with E-state index in [0.29, 0.717) is 33.6 Å². The van der Waals surface area contributed by atoms with Gasteiger partial charge in [-0.25, -0.2) is 8.78 Å². The number of aromatic hydroxyl groups is 1. The molecule has 0 aliphatic heterocycles. The lowest BCUT2D eigenvalue weighted by Crippen LogP contribution is -2.22. The number of phenols is 1. The van der Waals surface area contributed by atoms with Crippen LogP contribution < -0.4 is 5.32 Å². The summed E-state index contributed by atoms with van der Waals surface area (Å²) >= 11 is 0. The number of carbonyl (C=O) groups is 2.